The third kappa shape index (κ3) is 3.96. The van der Waals surface area contributed by atoms with Gasteiger partial charge in [-0.15, -0.1) is 0 Å². The van der Waals surface area contributed by atoms with E-state index in [-0.39, 0.29) is 0 Å². The van der Waals surface area contributed by atoms with Crippen molar-refractivity contribution in [2.24, 2.45) is 0 Å². The lowest BCUT2D eigenvalue weighted by Gasteiger charge is -2.26. The molecule has 0 saturated carbocycles. The van der Waals surface area contributed by atoms with Crippen LogP contribution in [-0.2, 0) is 6.42 Å². The average molecular weight is 421 g/mol. The van der Waals surface area contributed by atoms with E-state index < -0.39 is 0 Å². The van der Waals surface area contributed by atoms with Gasteiger partial charge in [0.15, 0.2) is 0 Å². The predicted molar refractivity (Wildman–Crippen MR) is 135 cm³/mol. The van der Waals surface area contributed by atoms with Crippen LogP contribution in [0.4, 0.5) is 5.69 Å². The second-order valence-corrected chi connectivity index (χ2v) is 8.54. The lowest BCUT2D eigenvalue weighted by molar-refractivity contribution is 0.864. The van der Waals surface area contributed by atoms with Gasteiger partial charge in [0.25, 0.3) is 0 Å². The number of hydrogen-bond donors (Lipinski definition) is 0. The summed E-state index contributed by atoms with van der Waals surface area (Å²) in [5.74, 6) is 0. The highest BCUT2D eigenvalue weighted by Crippen LogP contribution is 2.33. The molecule has 0 aliphatic heterocycles. The van der Waals surface area contributed by atoms with E-state index in [0.717, 1.165) is 25.9 Å². The first-order valence-electron chi connectivity index (χ1n) is 11.8. The van der Waals surface area contributed by atoms with Gasteiger partial charge < -0.3 is 4.90 Å². The largest absolute Gasteiger partial charge is 0.372 e. The molecule has 0 fully saturated rings. The van der Waals surface area contributed by atoms with E-state index in [1.165, 1.54) is 55.1 Å². The summed E-state index contributed by atoms with van der Waals surface area (Å²) in [5, 5.41) is 11.8. The molecule has 0 N–H and O–H groups in total. The van der Waals surface area contributed by atoms with Gasteiger partial charge in [-0.25, -0.2) is 0 Å². The Balaban J connectivity index is 2.03. The third-order valence-electron chi connectivity index (χ3n) is 6.78. The molecule has 1 aliphatic rings. The maximum Gasteiger partial charge on any atom is 0.0666 e. The van der Waals surface area contributed by atoms with Crippen LogP contribution in [0.1, 0.15) is 61.4 Å². The van der Waals surface area contributed by atoms with Crippen molar-refractivity contribution >= 4 is 16.8 Å². The van der Waals surface area contributed by atoms with E-state index >= 15 is 0 Å². The predicted octanol–water partition coefficient (Wildman–Crippen LogP) is 5.47. The van der Waals surface area contributed by atoms with Crippen LogP contribution >= 0.6 is 0 Å². The van der Waals surface area contributed by atoms with Gasteiger partial charge >= 0.3 is 0 Å². The van der Waals surface area contributed by atoms with Gasteiger partial charge in [-0.1, -0.05) is 55.5 Å². The fourth-order valence-electron chi connectivity index (χ4n) is 4.98. The van der Waals surface area contributed by atoms with E-state index in [1.807, 2.05) is 0 Å². The molecule has 0 aromatic heterocycles. The van der Waals surface area contributed by atoms with E-state index in [0.29, 0.717) is 6.42 Å². The Bertz CT molecular complexity index is 1300. The summed E-state index contributed by atoms with van der Waals surface area (Å²) < 4.78 is 0. The van der Waals surface area contributed by atoms with Crippen LogP contribution in [-0.4, -0.2) is 13.1 Å². The summed E-state index contributed by atoms with van der Waals surface area (Å²) in [6.45, 7) is 10.8. The molecule has 162 valence electrons. The van der Waals surface area contributed by atoms with E-state index in [1.54, 1.807) is 0 Å². The molecule has 0 spiro atoms. The molecule has 0 bridgehead atoms. The van der Waals surface area contributed by atoms with Crippen LogP contribution in [0, 0.1) is 18.3 Å². The number of benzene rings is 3. The molecular formula is C30H32N2. The monoisotopic (exact) mass is 420 g/mol. The smallest absolute Gasteiger partial charge is 0.0666 e. The van der Waals surface area contributed by atoms with Gasteiger partial charge in [-0.05, 0) is 95.1 Å². The van der Waals surface area contributed by atoms with Crippen molar-refractivity contribution in [1.82, 2.24) is 0 Å². The molecule has 0 unspecified atom stereocenters. The molecule has 2 heteroatoms. The summed E-state index contributed by atoms with van der Waals surface area (Å²) in [7, 11) is 0. The maximum atomic E-state index is 9.27. The first-order valence-corrected chi connectivity index (χ1v) is 11.8. The van der Waals surface area contributed by atoms with Crippen LogP contribution < -0.4 is 15.3 Å². The maximum absolute atomic E-state index is 9.27. The second-order valence-electron chi connectivity index (χ2n) is 8.54. The fourth-order valence-corrected chi connectivity index (χ4v) is 4.98. The lowest BCUT2D eigenvalue weighted by atomic mass is 9.81. The van der Waals surface area contributed by atoms with Crippen molar-refractivity contribution in [2.75, 3.05) is 18.0 Å². The van der Waals surface area contributed by atoms with Gasteiger partial charge in [0.1, 0.15) is 0 Å². The molecule has 2 nitrogen and oxygen atoms in total. The Morgan fingerprint density at radius 1 is 0.906 bits per heavy atom. The number of aryl methyl sites for hydroxylation is 1. The normalized spacial score (nSPS) is 13.2. The highest BCUT2D eigenvalue weighted by atomic mass is 15.1. The number of hydrogen-bond acceptors (Lipinski definition) is 2. The molecule has 4 rings (SSSR count). The van der Waals surface area contributed by atoms with Gasteiger partial charge in [-0.2, -0.15) is 5.26 Å². The topological polar surface area (TPSA) is 27.0 Å². The zero-order valence-corrected chi connectivity index (χ0v) is 19.7. The molecule has 0 saturated heterocycles. The van der Waals surface area contributed by atoms with Crippen molar-refractivity contribution in [1.29, 1.82) is 5.26 Å². The minimum atomic E-state index is 0.492. The van der Waals surface area contributed by atoms with Gasteiger partial charge in [0.05, 0.1) is 12.5 Å². The van der Waals surface area contributed by atoms with Crippen LogP contribution in [0.15, 0.2) is 60.7 Å². The molecule has 0 heterocycles. The summed E-state index contributed by atoms with van der Waals surface area (Å²) in [6, 6.07) is 24.8. The van der Waals surface area contributed by atoms with Gasteiger partial charge in [0, 0.05) is 18.8 Å². The minimum absolute atomic E-state index is 0.492. The Kier molecular flexibility index (Phi) is 6.47. The number of nitrogens with zero attached hydrogens (tertiary/aromatic N) is 2. The first-order chi connectivity index (χ1) is 15.6. The van der Waals surface area contributed by atoms with E-state index in [9.17, 15) is 5.26 Å². The highest BCUT2D eigenvalue weighted by molar-refractivity contribution is 5.85. The van der Waals surface area contributed by atoms with Crippen LogP contribution in [0.3, 0.4) is 0 Å². The SMILES string of the molecule is CC/C(CC#N)=c1\ccc2c(c1)Cc1cc(N(CC)CC)ccc1C=2c1ccccc1C. The Labute approximate surface area is 192 Å². The molecular weight excluding hydrogens is 388 g/mol. The van der Waals surface area contributed by atoms with Gasteiger partial charge in [0.2, 0.25) is 0 Å². The molecule has 3 aromatic carbocycles. The van der Waals surface area contributed by atoms with Crippen LogP contribution in [0.5, 0.6) is 0 Å². The minimum Gasteiger partial charge on any atom is -0.372 e. The highest BCUT2D eigenvalue weighted by Gasteiger charge is 2.20. The molecule has 32 heavy (non-hydrogen) atoms. The standard InChI is InChI=1S/C30H32N2/c1-5-22(16-17-31)23-12-14-28-24(18-23)19-25-20-26(32(6-2)7-3)13-15-29(25)30(28)27-11-9-8-10-21(27)4/h8-15,18,20H,5-7,16,19H2,1-4H3/b23-22-. The third-order valence-corrected chi connectivity index (χ3v) is 6.78. The van der Waals surface area contributed by atoms with Crippen molar-refractivity contribution in [3.8, 4) is 6.07 Å². The molecule has 3 aromatic rings. The number of fused-ring (bicyclic) bond motifs is 2. The summed E-state index contributed by atoms with van der Waals surface area (Å²) in [6.07, 6.45) is 2.32. The molecule has 0 amide bonds. The summed E-state index contributed by atoms with van der Waals surface area (Å²) in [4.78, 5) is 2.41. The van der Waals surface area contributed by atoms with Crippen molar-refractivity contribution in [3.05, 3.63) is 98.9 Å². The van der Waals surface area contributed by atoms with Crippen LogP contribution in [0.25, 0.3) is 11.1 Å². The average Bonchev–Trinajstić information content (AvgIpc) is 2.82. The fraction of sp³-hybridized carbons (Fsp3) is 0.300. The van der Waals surface area contributed by atoms with Gasteiger partial charge in [-0.3, -0.25) is 0 Å². The first kappa shape index (κ1) is 21.9. The Morgan fingerprint density at radius 3 is 2.38 bits per heavy atom. The number of anilines is 1. The number of rotatable bonds is 6. The Morgan fingerprint density at radius 2 is 1.69 bits per heavy atom. The van der Waals surface area contributed by atoms with Crippen molar-refractivity contribution in [2.45, 2.75) is 47.0 Å². The quantitative estimate of drug-likeness (QED) is 0.414. The van der Waals surface area contributed by atoms with E-state index in [2.05, 4.69) is 99.3 Å². The summed E-state index contributed by atoms with van der Waals surface area (Å²) in [5.41, 5.74) is 10.5. The van der Waals surface area contributed by atoms with Crippen LogP contribution in [0.2, 0.25) is 0 Å². The molecule has 0 atom stereocenters. The Hall–Kier alpha value is -3.31. The lowest BCUT2D eigenvalue weighted by Crippen LogP contribution is -2.26. The van der Waals surface area contributed by atoms with Crippen molar-refractivity contribution in [3.63, 3.8) is 0 Å². The molecule has 1 aliphatic carbocycles. The zero-order valence-electron chi connectivity index (χ0n) is 19.7. The van der Waals surface area contributed by atoms with E-state index in [4.69, 9.17) is 0 Å². The summed E-state index contributed by atoms with van der Waals surface area (Å²) >= 11 is 0. The number of nitriles is 1. The molecule has 0 radical (unpaired) electrons. The zero-order chi connectivity index (χ0) is 22.7. The van der Waals surface area contributed by atoms with Crippen molar-refractivity contribution < 1.29 is 0 Å². The second kappa shape index (κ2) is 9.45.